The van der Waals surface area contributed by atoms with E-state index in [4.69, 9.17) is 5.26 Å². The molecule has 0 N–H and O–H groups in total. The minimum atomic E-state index is -0.240. The molecular weight excluding hydrogens is 270 g/mol. The van der Waals surface area contributed by atoms with Crippen molar-refractivity contribution in [1.82, 2.24) is 9.88 Å². The molecule has 0 bridgehead atoms. The molecule has 20 heavy (non-hydrogen) atoms. The summed E-state index contributed by atoms with van der Waals surface area (Å²) in [7, 11) is 0. The molecule has 0 radical (unpaired) electrons. The van der Waals surface area contributed by atoms with Crippen molar-refractivity contribution in [3.8, 4) is 6.07 Å². The smallest absolute Gasteiger partial charge is 0.236 e. The molecule has 0 aliphatic carbocycles. The average Bonchev–Trinajstić information content (AvgIpc) is 2.43. The molecule has 5 heteroatoms. The van der Waals surface area contributed by atoms with Crippen LogP contribution in [0, 0.1) is 11.3 Å². The minimum absolute atomic E-state index is 0.0599. The maximum absolute atomic E-state index is 12.3. The molecular formula is C15H19N3OS. The largest absolute Gasteiger partial charge is 0.338 e. The Morgan fingerprint density at radius 2 is 2.35 bits per heavy atom. The normalized spacial score (nSPS) is 11.5. The zero-order valence-electron chi connectivity index (χ0n) is 12.1. The highest BCUT2D eigenvalue weighted by Gasteiger charge is 2.20. The predicted molar refractivity (Wildman–Crippen MR) is 81.3 cm³/mol. The van der Waals surface area contributed by atoms with Crippen LogP contribution in [0.3, 0.4) is 0 Å². The van der Waals surface area contributed by atoms with E-state index >= 15 is 0 Å². The van der Waals surface area contributed by atoms with Gasteiger partial charge in [-0.05, 0) is 32.9 Å². The van der Waals surface area contributed by atoms with E-state index in [1.807, 2.05) is 20.8 Å². The van der Waals surface area contributed by atoms with Gasteiger partial charge in [0, 0.05) is 19.3 Å². The fourth-order valence-electron chi connectivity index (χ4n) is 1.70. The third-order valence-electron chi connectivity index (χ3n) is 2.66. The number of carbonyl (C=O) groups excluding carboxylic acids is 1. The van der Waals surface area contributed by atoms with Crippen LogP contribution in [-0.2, 0) is 4.79 Å². The van der Waals surface area contributed by atoms with Crippen molar-refractivity contribution in [3.05, 3.63) is 36.0 Å². The molecule has 0 spiro atoms. The number of rotatable bonds is 6. The number of hydrogen-bond donors (Lipinski definition) is 0. The van der Waals surface area contributed by atoms with Gasteiger partial charge in [-0.25, -0.2) is 4.98 Å². The predicted octanol–water partition coefficient (Wildman–Crippen LogP) is 2.86. The highest BCUT2D eigenvalue weighted by molar-refractivity contribution is 8.00. The summed E-state index contributed by atoms with van der Waals surface area (Å²) in [5.41, 5.74) is 1.51. The maximum atomic E-state index is 12.3. The van der Waals surface area contributed by atoms with Gasteiger partial charge >= 0.3 is 0 Å². The topological polar surface area (TPSA) is 57.0 Å². The Morgan fingerprint density at radius 3 is 2.90 bits per heavy atom. The van der Waals surface area contributed by atoms with Crippen molar-refractivity contribution in [2.45, 2.75) is 31.0 Å². The van der Waals surface area contributed by atoms with Gasteiger partial charge in [0.2, 0.25) is 5.91 Å². The summed E-state index contributed by atoms with van der Waals surface area (Å²) in [6.45, 7) is 10.8. The number of likely N-dealkylation sites (N-methyl/N-ethyl adjacent to an activating group) is 1. The van der Waals surface area contributed by atoms with Crippen LogP contribution in [-0.4, -0.2) is 34.1 Å². The number of carbonyl (C=O) groups is 1. The standard InChI is InChI=1S/C15H19N3OS/c1-5-18(10-11(2)3)15(19)12(4)20-14-8-13(9-16)6-7-17-14/h6-8,12H,2,5,10H2,1,3-4H3/t12-/m1/s1. The molecule has 0 fully saturated rings. The Bertz CT molecular complexity index is 536. The number of amides is 1. The second kappa shape index (κ2) is 7.71. The first kappa shape index (κ1) is 16.3. The highest BCUT2D eigenvalue weighted by atomic mass is 32.2. The van der Waals surface area contributed by atoms with Crippen LogP contribution in [0.2, 0.25) is 0 Å². The van der Waals surface area contributed by atoms with E-state index in [2.05, 4.69) is 17.6 Å². The molecule has 1 atom stereocenters. The van der Waals surface area contributed by atoms with E-state index in [1.165, 1.54) is 11.8 Å². The molecule has 0 saturated heterocycles. The van der Waals surface area contributed by atoms with Gasteiger partial charge in [0.25, 0.3) is 0 Å². The summed E-state index contributed by atoms with van der Waals surface area (Å²) in [5, 5.41) is 9.31. The average molecular weight is 289 g/mol. The Kier molecular flexibility index (Phi) is 6.26. The molecule has 0 aromatic carbocycles. The second-order valence-corrected chi connectivity index (χ2v) is 5.93. The van der Waals surface area contributed by atoms with E-state index in [0.717, 1.165) is 5.57 Å². The molecule has 0 unspecified atom stereocenters. The van der Waals surface area contributed by atoms with Crippen LogP contribution < -0.4 is 0 Å². The molecule has 1 heterocycles. The van der Waals surface area contributed by atoms with Crippen molar-refractivity contribution in [2.24, 2.45) is 0 Å². The number of thioether (sulfide) groups is 1. The van der Waals surface area contributed by atoms with E-state index in [0.29, 0.717) is 23.7 Å². The van der Waals surface area contributed by atoms with Crippen LogP contribution in [0.15, 0.2) is 35.5 Å². The van der Waals surface area contributed by atoms with Gasteiger partial charge in [-0.15, -0.1) is 0 Å². The van der Waals surface area contributed by atoms with Gasteiger partial charge in [-0.1, -0.05) is 23.9 Å². The first-order valence-electron chi connectivity index (χ1n) is 6.44. The number of aromatic nitrogens is 1. The van der Waals surface area contributed by atoms with Crippen LogP contribution in [0.4, 0.5) is 0 Å². The van der Waals surface area contributed by atoms with Gasteiger partial charge in [0.05, 0.1) is 21.9 Å². The molecule has 0 aliphatic rings. The Hall–Kier alpha value is -1.80. The second-order valence-electron chi connectivity index (χ2n) is 4.56. The third kappa shape index (κ3) is 4.71. The Labute approximate surface area is 124 Å². The molecule has 4 nitrogen and oxygen atoms in total. The fourth-order valence-corrected chi connectivity index (χ4v) is 2.63. The summed E-state index contributed by atoms with van der Waals surface area (Å²) < 4.78 is 0. The van der Waals surface area contributed by atoms with Gasteiger partial charge in [-0.3, -0.25) is 4.79 Å². The number of hydrogen-bond acceptors (Lipinski definition) is 4. The first-order chi connectivity index (χ1) is 9.47. The fraction of sp³-hybridized carbons (Fsp3) is 0.400. The summed E-state index contributed by atoms with van der Waals surface area (Å²) in [6, 6.07) is 5.42. The zero-order valence-corrected chi connectivity index (χ0v) is 12.9. The van der Waals surface area contributed by atoms with Gasteiger partial charge < -0.3 is 4.90 Å². The minimum Gasteiger partial charge on any atom is -0.338 e. The molecule has 0 aliphatic heterocycles. The van der Waals surface area contributed by atoms with Crippen molar-refractivity contribution < 1.29 is 4.79 Å². The van der Waals surface area contributed by atoms with Crippen molar-refractivity contribution in [2.75, 3.05) is 13.1 Å². The summed E-state index contributed by atoms with van der Waals surface area (Å²) in [4.78, 5) is 18.3. The number of pyridine rings is 1. The molecule has 1 aromatic heterocycles. The van der Waals surface area contributed by atoms with Crippen LogP contribution in [0.1, 0.15) is 26.3 Å². The van der Waals surface area contributed by atoms with E-state index in [1.54, 1.807) is 23.2 Å². The SMILES string of the molecule is C=C(C)CN(CC)C(=O)[C@@H](C)Sc1cc(C#N)ccn1. The molecule has 106 valence electrons. The quantitative estimate of drug-likeness (QED) is 0.597. The number of nitriles is 1. The Morgan fingerprint density at radius 1 is 1.65 bits per heavy atom. The van der Waals surface area contributed by atoms with Gasteiger partial charge in [-0.2, -0.15) is 5.26 Å². The van der Waals surface area contributed by atoms with Crippen LogP contribution >= 0.6 is 11.8 Å². The van der Waals surface area contributed by atoms with Gasteiger partial charge in [0.15, 0.2) is 0 Å². The third-order valence-corrected chi connectivity index (χ3v) is 3.68. The Balaban J connectivity index is 2.73. The molecule has 1 rings (SSSR count). The monoisotopic (exact) mass is 289 g/mol. The van der Waals surface area contributed by atoms with Crippen molar-refractivity contribution in [1.29, 1.82) is 5.26 Å². The van der Waals surface area contributed by atoms with E-state index < -0.39 is 0 Å². The van der Waals surface area contributed by atoms with Gasteiger partial charge in [0.1, 0.15) is 0 Å². The summed E-state index contributed by atoms with van der Waals surface area (Å²) in [5.74, 6) is 0.0599. The number of nitrogens with zero attached hydrogens (tertiary/aromatic N) is 3. The first-order valence-corrected chi connectivity index (χ1v) is 7.31. The van der Waals surface area contributed by atoms with E-state index in [-0.39, 0.29) is 11.2 Å². The lowest BCUT2D eigenvalue weighted by atomic mass is 10.3. The van der Waals surface area contributed by atoms with Crippen molar-refractivity contribution >= 4 is 17.7 Å². The van der Waals surface area contributed by atoms with Crippen LogP contribution in [0.25, 0.3) is 0 Å². The highest BCUT2D eigenvalue weighted by Crippen LogP contribution is 2.23. The molecule has 0 saturated carbocycles. The maximum Gasteiger partial charge on any atom is 0.236 e. The summed E-state index contributed by atoms with van der Waals surface area (Å²) in [6.07, 6.45) is 1.59. The zero-order chi connectivity index (χ0) is 15.1. The lowest BCUT2D eigenvalue weighted by molar-refractivity contribution is -0.129. The lowest BCUT2D eigenvalue weighted by Gasteiger charge is -2.24. The lowest BCUT2D eigenvalue weighted by Crippen LogP contribution is -2.37. The molecule has 1 aromatic rings. The van der Waals surface area contributed by atoms with Crippen molar-refractivity contribution in [3.63, 3.8) is 0 Å². The van der Waals surface area contributed by atoms with Crippen LogP contribution in [0.5, 0.6) is 0 Å². The summed E-state index contributed by atoms with van der Waals surface area (Å²) >= 11 is 1.37. The molecule has 1 amide bonds. The van der Waals surface area contributed by atoms with E-state index in [9.17, 15) is 4.79 Å².